The zero-order valence-electron chi connectivity index (χ0n) is 12.4. The summed E-state index contributed by atoms with van der Waals surface area (Å²) in [5, 5.41) is 4.44. The average molecular weight is 343 g/mol. The summed E-state index contributed by atoms with van der Waals surface area (Å²) in [7, 11) is 0. The number of hydrogen-bond acceptors (Lipinski definition) is 3. The van der Waals surface area contributed by atoms with E-state index in [9.17, 15) is 4.79 Å². The Labute approximate surface area is 140 Å². The van der Waals surface area contributed by atoms with Crippen molar-refractivity contribution < 1.29 is 9.53 Å². The summed E-state index contributed by atoms with van der Waals surface area (Å²) in [4.78, 5) is 14.2. The third-order valence-electron chi connectivity index (χ3n) is 4.71. The van der Waals surface area contributed by atoms with Gasteiger partial charge in [-0.2, -0.15) is 0 Å². The molecular formula is C16H20Cl2N2O2. The van der Waals surface area contributed by atoms with E-state index in [0.717, 1.165) is 39.0 Å². The minimum Gasteiger partial charge on any atom is -0.484 e. The van der Waals surface area contributed by atoms with E-state index in [1.165, 1.54) is 6.42 Å². The summed E-state index contributed by atoms with van der Waals surface area (Å²) in [6, 6.07) is 4.96. The summed E-state index contributed by atoms with van der Waals surface area (Å²) >= 11 is 11.8. The Kier molecular flexibility index (Phi) is 4.81. The maximum absolute atomic E-state index is 12.3. The standard InChI is InChI=1S/C16H20Cl2N2O2/c17-12-7-13(18)9-14(8-12)22-10-15(21)20-5-2-16(3-6-20)1-4-19-11-16/h7-9,19H,1-6,10-11H2. The number of likely N-dealkylation sites (tertiary alicyclic amines) is 1. The maximum atomic E-state index is 12.3. The van der Waals surface area contributed by atoms with Gasteiger partial charge in [0.25, 0.3) is 5.91 Å². The van der Waals surface area contributed by atoms with E-state index in [4.69, 9.17) is 27.9 Å². The third-order valence-corrected chi connectivity index (χ3v) is 5.14. The molecule has 2 aliphatic rings. The van der Waals surface area contributed by atoms with Crippen molar-refractivity contribution in [2.24, 2.45) is 5.41 Å². The van der Waals surface area contributed by atoms with Crippen LogP contribution in [0.3, 0.4) is 0 Å². The normalized spacial score (nSPS) is 20.4. The van der Waals surface area contributed by atoms with Crippen LogP contribution in [0.25, 0.3) is 0 Å². The molecule has 0 unspecified atom stereocenters. The van der Waals surface area contributed by atoms with Crippen molar-refractivity contribution in [3.63, 3.8) is 0 Å². The first kappa shape index (κ1) is 15.9. The van der Waals surface area contributed by atoms with Crippen molar-refractivity contribution in [1.82, 2.24) is 10.2 Å². The number of carbonyl (C=O) groups is 1. The predicted octanol–water partition coefficient (Wildman–Crippen LogP) is 2.97. The van der Waals surface area contributed by atoms with E-state index >= 15 is 0 Å². The molecule has 1 aromatic rings. The Bertz CT molecular complexity index is 529. The lowest BCUT2D eigenvalue weighted by Crippen LogP contribution is -2.45. The molecule has 4 nitrogen and oxygen atoms in total. The fourth-order valence-electron chi connectivity index (χ4n) is 3.30. The van der Waals surface area contributed by atoms with Gasteiger partial charge in [-0.25, -0.2) is 0 Å². The molecule has 0 aromatic heterocycles. The number of rotatable bonds is 3. The number of carbonyl (C=O) groups excluding carboxylic acids is 1. The van der Waals surface area contributed by atoms with E-state index in [-0.39, 0.29) is 12.5 Å². The largest absolute Gasteiger partial charge is 0.484 e. The van der Waals surface area contributed by atoms with Gasteiger partial charge in [-0.1, -0.05) is 23.2 Å². The highest BCUT2D eigenvalue weighted by atomic mass is 35.5. The topological polar surface area (TPSA) is 41.6 Å². The summed E-state index contributed by atoms with van der Waals surface area (Å²) in [5.41, 5.74) is 0.415. The lowest BCUT2D eigenvalue weighted by atomic mass is 9.78. The zero-order valence-corrected chi connectivity index (χ0v) is 13.9. The molecule has 0 atom stereocenters. The van der Waals surface area contributed by atoms with Crippen molar-refractivity contribution in [3.8, 4) is 5.75 Å². The molecule has 1 N–H and O–H groups in total. The van der Waals surface area contributed by atoms with Crippen LogP contribution in [-0.4, -0.2) is 43.6 Å². The zero-order chi connectivity index (χ0) is 15.6. The SMILES string of the molecule is O=C(COc1cc(Cl)cc(Cl)c1)N1CCC2(CCNC2)CC1. The first-order valence-corrected chi connectivity index (χ1v) is 8.39. The van der Waals surface area contributed by atoms with Gasteiger partial charge in [-0.05, 0) is 49.4 Å². The van der Waals surface area contributed by atoms with Crippen LogP contribution in [0.2, 0.25) is 10.0 Å². The molecule has 2 saturated heterocycles. The monoisotopic (exact) mass is 342 g/mol. The minimum atomic E-state index is 0.0249. The quantitative estimate of drug-likeness (QED) is 0.918. The minimum absolute atomic E-state index is 0.0249. The van der Waals surface area contributed by atoms with Crippen molar-refractivity contribution in [2.45, 2.75) is 19.3 Å². The second-order valence-electron chi connectivity index (χ2n) is 6.20. The molecule has 2 heterocycles. The van der Waals surface area contributed by atoms with Crippen LogP contribution in [0.15, 0.2) is 18.2 Å². The van der Waals surface area contributed by atoms with Gasteiger partial charge in [0.15, 0.2) is 6.61 Å². The van der Waals surface area contributed by atoms with Gasteiger partial charge in [-0.15, -0.1) is 0 Å². The molecule has 6 heteroatoms. The van der Waals surface area contributed by atoms with Crippen LogP contribution in [0, 0.1) is 5.41 Å². The summed E-state index contributed by atoms with van der Waals surface area (Å²) in [5.74, 6) is 0.552. The van der Waals surface area contributed by atoms with E-state index in [2.05, 4.69) is 5.32 Å². The summed E-state index contributed by atoms with van der Waals surface area (Å²) in [6.07, 6.45) is 3.38. The van der Waals surface area contributed by atoms with Crippen LogP contribution in [0.5, 0.6) is 5.75 Å². The Hall–Kier alpha value is -0.970. The molecule has 1 spiro atoms. The Morgan fingerprint density at radius 2 is 1.86 bits per heavy atom. The molecule has 2 fully saturated rings. The molecule has 0 aliphatic carbocycles. The summed E-state index contributed by atoms with van der Waals surface area (Å²) < 4.78 is 5.53. The van der Waals surface area contributed by atoms with Crippen molar-refractivity contribution in [3.05, 3.63) is 28.2 Å². The van der Waals surface area contributed by atoms with Gasteiger partial charge >= 0.3 is 0 Å². The van der Waals surface area contributed by atoms with Crippen LogP contribution in [0.1, 0.15) is 19.3 Å². The second-order valence-corrected chi connectivity index (χ2v) is 7.07. The van der Waals surface area contributed by atoms with Gasteiger partial charge < -0.3 is 15.0 Å². The molecular weight excluding hydrogens is 323 g/mol. The smallest absolute Gasteiger partial charge is 0.260 e. The molecule has 120 valence electrons. The van der Waals surface area contributed by atoms with E-state index in [1.54, 1.807) is 18.2 Å². The second kappa shape index (κ2) is 6.65. The van der Waals surface area contributed by atoms with Crippen molar-refractivity contribution >= 4 is 29.1 Å². The molecule has 1 aromatic carbocycles. The number of piperidine rings is 1. The molecule has 0 saturated carbocycles. The molecule has 0 radical (unpaired) electrons. The number of nitrogens with one attached hydrogen (secondary N) is 1. The van der Waals surface area contributed by atoms with Crippen LogP contribution in [0.4, 0.5) is 0 Å². The molecule has 22 heavy (non-hydrogen) atoms. The van der Waals surface area contributed by atoms with E-state index in [0.29, 0.717) is 21.2 Å². The van der Waals surface area contributed by atoms with Crippen LogP contribution in [-0.2, 0) is 4.79 Å². The third kappa shape index (κ3) is 3.67. The van der Waals surface area contributed by atoms with Crippen molar-refractivity contribution in [1.29, 1.82) is 0 Å². The molecule has 2 aliphatic heterocycles. The maximum Gasteiger partial charge on any atom is 0.260 e. The number of benzene rings is 1. The van der Waals surface area contributed by atoms with E-state index in [1.807, 2.05) is 4.90 Å². The lowest BCUT2D eigenvalue weighted by Gasteiger charge is -2.38. The molecule has 0 bridgehead atoms. The van der Waals surface area contributed by atoms with Crippen LogP contribution >= 0.6 is 23.2 Å². The number of nitrogens with zero attached hydrogens (tertiary/aromatic N) is 1. The number of amides is 1. The number of halogens is 2. The first-order chi connectivity index (χ1) is 10.6. The highest BCUT2D eigenvalue weighted by Crippen LogP contribution is 2.36. The Morgan fingerprint density at radius 3 is 2.45 bits per heavy atom. The number of hydrogen-bond donors (Lipinski definition) is 1. The number of ether oxygens (including phenoxy) is 1. The summed E-state index contributed by atoms with van der Waals surface area (Å²) in [6.45, 7) is 3.86. The Balaban J connectivity index is 1.50. The highest BCUT2D eigenvalue weighted by Gasteiger charge is 2.37. The fraction of sp³-hybridized carbons (Fsp3) is 0.562. The van der Waals surface area contributed by atoms with Gasteiger partial charge in [0, 0.05) is 29.7 Å². The Morgan fingerprint density at radius 1 is 1.18 bits per heavy atom. The first-order valence-electron chi connectivity index (χ1n) is 7.64. The molecule has 1 amide bonds. The predicted molar refractivity (Wildman–Crippen MR) is 87.7 cm³/mol. The fourth-order valence-corrected chi connectivity index (χ4v) is 3.81. The lowest BCUT2D eigenvalue weighted by molar-refractivity contribution is -0.135. The van der Waals surface area contributed by atoms with Gasteiger partial charge in [-0.3, -0.25) is 4.79 Å². The molecule has 3 rings (SSSR count). The highest BCUT2D eigenvalue weighted by molar-refractivity contribution is 6.34. The van der Waals surface area contributed by atoms with Crippen molar-refractivity contribution in [2.75, 3.05) is 32.8 Å². The average Bonchev–Trinajstić information content (AvgIpc) is 2.93. The van der Waals surface area contributed by atoms with Gasteiger partial charge in [0.2, 0.25) is 0 Å². The van der Waals surface area contributed by atoms with Crippen LogP contribution < -0.4 is 10.1 Å². The van der Waals surface area contributed by atoms with Gasteiger partial charge in [0.1, 0.15) is 5.75 Å². The van der Waals surface area contributed by atoms with E-state index < -0.39 is 0 Å². The van der Waals surface area contributed by atoms with Gasteiger partial charge in [0.05, 0.1) is 0 Å².